The molecule has 9 heteroatoms. The molecule has 0 fully saturated rings. The molecule has 0 radical (unpaired) electrons. The SMILES string of the molecule is COc1cccc(NC(=O)CSc2nc3ccc(NC(=O)c4ccc(Cl)cc4)cc3s2)c1. The predicted molar refractivity (Wildman–Crippen MR) is 131 cm³/mol. The summed E-state index contributed by atoms with van der Waals surface area (Å²) in [7, 11) is 1.58. The van der Waals surface area contributed by atoms with Gasteiger partial charge in [-0.25, -0.2) is 4.98 Å². The zero-order valence-corrected chi connectivity index (χ0v) is 19.3. The van der Waals surface area contributed by atoms with Gasteiger partial charge in [0.05, 0.1) is 23.1 Å². The molecule has 4 rings (SSSR count). The molecule has 2 amide bonds. The van der Waals surface area contributed by atoms with Crippen molar-refractivity contribution in [1.29, 1.82) is 0 Å². The van der Waals surface area contributed by atoms with Crippen LogP contribution in [0.1, 0.15) is 10.4 Å². The van der Waals surface area contributed by atoms with Gasteiger partial charge in [-0.3, -0.25) is 9.59 Å². The lowest BCUT2D eigenvalue weighted by molar-refractivity contribution is -0.113. The van der Waals surface area contributed by atoms with Crippen LogP contribution in [0.4, 0.5) is 11.4 Å². The molecule has 0 aliphatic carbocycles. The van der Waals surface area contributed by atoms with Crippen LogP contribution in [0.3, 0.4) is 0 Å². The van der Waals surface area contributed by atoms with E-state index in [0.29, 0.717) is 27.7 Å². The highest BCUT2D eigenvalue weighted by atomic mass is 35.5. The number of fused-ring (bicyclic) bond motifs is 1. The van der Waals surface area contributed by atoms with Gasteiger partial charge in [-0.2, -0.15) is 0 Å². The summed E-state index contributed by atoms with van der Waals surface area (Å²) in [4.78, 5) is 29.3. The number of amides is 2. The van der Waals surface area contributed by atoms with Gasteiger partial charge >= 0.3 is 0 Å². The standard InChI is InChI=1S/C23H18ClN3O3S2/c1-30-18-4-2-3-16(11-18)25-21(28)13-31-23-27-19-10-9-17(12-20(19)32-23)26-22(29)14-5-7-15(24)8-6-14/h2-12H,13H2,1H3,(H,25,28)(H,26,29). The average Bonchev–Trinajstić information content (AvgIpc) is 3.20. The maximum absolute atomic E-state index is 12.4. The van der Waals surface area contributed by atoms with Gasteiger partial charge in [0.25, 0.3) is 5.91 Å². The third kappa shape index (κ3) is 5.59. The van der Waals surface area contributed by atoms with Gasteiger partial charge in [-0.1, -0.05) is 29.4 Å². The number of carbonyl (C=O) groups is 2. The fourth-order valence-electron chi connectivity index (χ4n) is 2.87. The molecule has 2 N–H and O–H groups in total. The lowest BCUT2D eigenvalue weighted by atomic mass is 10.2. The van der Waals surface area contributed by atoms with Crippen LogP contribution in [0.5, 0.6) is 5.75 Å². The minimum absolute atomic E-state index is 0.126. The molecule has 0 atom stereocenters. The van der Waals surface area contributed by atoms with Gasteiger partial charge in [0.15, 0.2) is 4.34 Å². The molecule has 0 spiro atoms. The van der Waals surface area contributed by atoms with E-state index in [9.17, 15) is 9.59 Å². The Hall–Kier alpha value is -3.07. The number of carbonyl (C=O) groups excluding carboxylic acids is 2. The van der Waals surface area contributed by atoms with E-state index >= 15 is 0 Å². The van der Waals surface area contributed by atoms with Crippen LogP contribution < -0.4 is 15.4 Å². The number of hydrogen-bond acceptors (Lipinski definition) is 6. The first-order valence-electron chi connectivity index (χ1n) is 9.54. The number of rotatable bonds is 7. The fourth-order valence-corrected chi connectivity index (χ4v) is 4.91. The average molecular weight is 484 g/mol. The minimum Gasteiger partial charge on any atom is -0.497 e. The zero-order valence-electron chi connectivity index (χ0n) is 16.9. The zero-order chi connectivity index (χ0) is 22.5. The molecular formula is C23H18ClN3O3S2. The number of thioether (sulfide) groups is 1. The Balaban J connectivity index is 1.37. The highest BCUT2D eigenvalue weighted by Crippen LogP contribution is 2.31. The summed E-state index contributed by atoms with van der Waals surface area (Å²) in [6.45, 7) is 0. The third-order valence-corrected chi connectivity index (χ3v) is 6.83. The van der Waals surface area contributed by atoms with Crippen LogP contribution in [0.15, 0.2) is 71.1 Å². The van der Waals surface area contributed by atoms with Crippen molar-refractivity contribution in [2.45, 2.75) is 4.34 Å². The van der Waals surface area contributed by atoms with Gasteiger partial charge in [-0.15, -0.1) is 11.3 Å². The molecule has 0 bridgehead atoms. The van der Waals surface area contributed by atoms with E-state index in [1.54, 1.807) is 43.5 Å². The second-order valence-corrected chi connectivity index (χ2v) is 9.38. The van der Waals surface area contributed by atoms with E-state index < -0.39 is 0 Å². The Labute approximate surface area is 198 Å². The van der Waals surface area contributed by atoms with Gasteiger partial charge in [0.2, 0.25) is 5.91 Å². The van der Waals surface area contributed by atoms with Crippen LogP contribution in [0.25, 0.3) is 10.2 Å². The van der Waals surface area contributed by atoms with Crippen molar-refractivity contribution in [3.63, 3.8) is 0 Å². The molecule has 0 unspecified atom stereocenters. The first-order chi connectivity index (χ1) is 15.5. The number of nitrogens with zero attached hydrogens (tertiary/aromatic N) is 1. The predicted octanol–water partition coefficient (Wildman–Crippen LogP) is 5.94. The van der Waals surface area contributed by atoms with Crippen molar-refractivity contribution in [3.05, 3.63) is 77.3 Å². The number of hydrogen-bond donors (Lipinski definition) is 2. The Morgan fingerprint density at radius 2 is 1.81 bits per heavy atom. The number of thiazole rings is 1. The van der Waals surface area contributed by atoms with Gasteiger partial charge in [0.1, 0.15) is 5.75 Å². The van der Waals surface area contributed by atoms with E-state index in [1.165, 1.54) is 23.1 Å². The summed E-state index contributed by atoms with van der Waals surface area (Å²) in [5.74, 6) is 0.574. The van der Waals surface area contributed by atoms with E-state index in [1.807, 2.05) is 30.3 Å². The minimum atomic E-state index is -0.214. The van der Waals surface area contributed by atoms with Crippen LogP contribution in [-0.4, -0.2) is 29.7 Å². The molecular weight excluding hydrogens is 466 g/mol. The summed E-state index contributed by atoms with van der Waals surface area (Å²) >= 11 is 8.71. The monoisotopic (exact) mass is 483 g/mol. The van der Waals surface area contributed by atoms with Gasteiger partial charge in [-0.05, 0) is 54.6 Å². The number of ether oxygens (including phenoxy) is 1. The molecule has 32 heavy (non-hydrogen) atoms. The van der Waals surface area contributed by atoms with Crippen LogP contribution in [0.2, 0.25) is 5.02 Å². The third-order valence-electron chi connectivity index (χ3n) is 4.41. The van der Waals surface area contributed by atoms with Crippen molar-refractivity contribution in [3.8, 4) is 5.75 Å². The molecule has 162 valence electrons. The van der Waals surface area contributed by atoms with Crippen LogP contribution in [-0.2, 0) is 4.79 Å². The fraction of sp³-hybridized carbons (Fsp3) is 0.0870. The first kappa shape index (κ1) is 22.1. The molecule has 0 saturated heterocycles. The van der Waals surface area contributed by atoms with E-state index in [4.69, 9.17) is 16.3 Å². The lowest BCUT2D eigenvalue weighted by Crippen LogP contribution is -2.13. The Bertz CT molecular complexity index is 1280. The quantitative estimate of drug-likeness (QED) is 0.318. The topological polar surface area (TPSA) is 80.3 Å². The van der Waals surface area contributed by atoms with Gasteiger partial charge < -0.3 is 15.4 Å². The highest BCUT2D eigenvalue weighted by Gasteiger charge is 2.11. The summed E-state index contributed by atoms with van der Waals surface area (Å²) in [6, 6.07) is 19.4. The molecule has 1 heterocycles. The summed E-state index contributed by atoms with van der Waals surface area (Å²) < 4.78 is 6.87. The number of benzene rings is 3. The van der Waals surface area contributed by atoms with Crippen molar-refractivity contribution in [2.75, 3.05) is 23.5 Å². The van der Waals surface area contributed by atoms with Crippen molar-refractivity contribution in [2.24, 2.45) is 0 Å². The first-order valence-corrected chi connectivity index (χ1v) is 11.7. The van der Waals surface area contributed by atoms with E-state index in [-0.39, 0.29) is 17.6 Å². The molecule has 3 aromatic carbocycles. The number of halogens is 1. The van der Waals surface area contributed by atoms with Crippen molar-refractivity contribution in [1.82, 2.24) is 4.98 Å². The molecule has 1 aromatic heterocycles. The van der Waals surface area contributed by atoms with E-state index in [0.717, 1.165) is 14.6 Å². The molecule has 0 saturated carbocycles. The molecule has 4 aromatic rings. The normalized spacial score (nSPS) is 10.7. The largest absolute Gasteiger partial charge is 0.497 e. The molecule has 0 aliphatic heterocycles. The molecule has 0 aliphatic rings. The number of nitrogens with one attached hydrogen (secondary N) is 2. The second kappa shape index (κ2) is 10.0. The maximum atomic E-state index is 12.4. The summed E-state index contributed by atoms with van der Waals surface area (Å²) in [6.07, 6.45) is 0. The lowest BCUT2D eigenvalue weighted by Gasteiger charge is -2.06. The summed E-state index contributed by atoms with van der Waals surface area (Å²) in [5, 5.41) is 6.31. The smallest absolute Gasteiger partial charge is 0.255 e. The number of anilines is 2. The maximum Gasteiger partial charge on any atom is 0.255 e. The summed E-state index contributed by atoms with van der Waals surface area (Å²) in [5.41, 5.74) is 2.70. The van der Waals surface area contributed by atoms with E-state index in [2.05, 4.69) is 15.6 Å². The second-order valence-electron chi connectivity index (χ2n) is 6.69. The Morgan fingerprint density at radius 3 is 2.59 bits per heavy atom. The highest BCUT2D eigenvalue weighted by molar-refractivity contribution is 8.01. The Morgan fingerprint density at radius 1 is 1.03 bits per heavy atom. The molecule has 6 nitrogen and oxygen atoms in total. The Kier molecular flexibility index (Phi) is 6.94. The van der Waals surface area contributed by atoms with Crippen LogP contribution >= 0.6 is 34.7 Å². The van der Waals surface area contributed by atoms with Crippen LogP contribution in [0, 0.1) is 0 Å². The van der Waals surface area contributed by atoms with Gasteiger partial charge in [0, 0.05) is 28.0 Å². The number of methoxy groups -OCH3 is 1. The van der Waals surface area contributed by atoms with Crippen molar-refractivity contribution < 1.29 is 14.3 Å². The number of aromatic nitrogens is 1. The van der Waals surface area contributed by atoms with Crippen molar-refractivity contribution >= 4 is 68.1 Å².